The lowest BCUT2D eigenvalue weighted by Crippen LogP contribution is -2.58. The largest absolute Gasteiger partial charge is 0.353 e. The second-order valence-electron chi connectivity index (χ2n) is 7.08. The molecule has 2 atom stereocenters. The van der Waals surface area contributed by atoms with Gasteiger partial charge in [0.05, 0.1) is 0 Å². The van der Waals surface area contributed by atoms with Gasteiger partial charge in [0.1, 0.15) is 6.04 Å². The van der Waals surface area contributed by atoms with Gasteiger partial charge in [0.15, 0.2) is 0 Å². The third kappa shape index (κ3) is 4.72. The van der Waals surface area contributed by atoms with Gasteiger partial charge in [-0.05, 0) is 37.8 Å². The van der Waals surface area contributed by atoms with Gasteiger partial charge >= 0.3 is 6.03 Å². The highest BCUT2D eigenvalue weighted by Gasteiger charge is 2.29. The first kappa shape index (κ1) is 17.7. The van der Waals surface area contributed by atoms with E-state index in [2.05, 4.69) is 39.8 Å². The summed E-state index contributed by atoms with van der Waals surface area (Å²) >= 11 is 0. The van der Waals surface area contributed by atoms with E-state index in [9.17, 15) is 9.59 Å². The predicted molar refractivity (Wildman–Crippen MR) is 97.0 cm³/mol. The minimum atomic E-state index is -0.394. The fourth-order valence-corrected chi connectivity index (χ4v) is 3.70. The number of urea groups is 1. The van der Waals surface area contributed by atoms with Gasteiger partial charge < -0.3 is 15.5 Å². The number of benzene rings is 1. The minimum absolute atomic E-state index is 0.0758. The first-order valence-corrected chi connectivity index (χ1v) is 9.22. The minimum Gasteiger partial charge on any atom is -0.353 e. The Morgan fingerprint density at radius 1 is 1.28 bits per heavy atom. The second-order valence-corrected chi connectivity index (χ2v) is 7.08. The van der Waals surface area contributed by atoms with Crippen LogP contribution in [0.4, 0.5) is 4.79 Å². The average molecular weight is 344 g/mol. The Morgan fingerprint density at radius 3 is 2.88 bits per heavy atom. The number of hydrogen-bond acceptors (Lipinski definition) is 3. The molecule has 2 N–H and O–H groups in total. The van der Waals surface area contributed by atoms with Crippen LogP contribution in [0.2, 0.25) is 0 Å². The number of rotatable bonds is 4. The summed E-state index contributed by atoms with van der Waals surface area (Å²) < 4.78 is 0. The van der Waals surface area contributed by atoms with Crippen LogP contribution in [0.25, 0.3) is 0 Å². The van der Waals surface area contributed by atoms with Crippen LogP contribution in [0, 0.1) is 5.92 Å². The van der Waals surface area contributed by atoms with Crippen LogP contribution in [0.1, 0.15) is 25.3 Å². The van der Waals surface area contributed by atoms with Crippen molar-refractivity contribution in [3.63, 3.8) is 0 Å². The molecule has 2 aliphatic rings. The monoisotopic (exact) mass is 344 g/mol. The van der Waals surface area contributed by atoms with Crippen LogP contribution in [0.15, 0.2) is 30.3 Å². The Morgan fingerprint density at radius 2 is 2.08 bits per heavy atom. The number of carbonyl (C=O) groups excluding carboxylic acids is 2. The third-order valence-electron chi connectivity index (χ3n) is 5.15. The molecule has 2 fully saturated rings. The van der Waals surface area contributed by atoms with Crippen molar-refractivity contribution in [1.29, 1.82) is 0 Å². The van der Waals surface area contributed by atoms with E-state index < -0.39 is 6.04 Å². The number of piperidine rings is 1. The maximum atomic E-state index is 12.4. The molecule has 3 rings (SSSR count). The van der Waals surface area contributed by atoms with E-state index in [1.54, 1.807) is 11.8 Å². The van der Waals surface area contributed by atoms with Crippen LogP contribution >= 0.6 is 0 Å². The highest BCUT2D eigenvalue weighted by atomic mass is 16.2. The molecular weight excluding hydrogens is 316 g/mol. The summed E-state index contributed by atoms with van der Waals surface area (Å²) in [5.74, 6) is 0.392. The molecule has 6 heteroatoms. The molecule has 0 saturated carbocycles. The van der Waals surface area contributed by atoms with Gasteiger partial charge in [0.25, 0.3) is 0 Å². The smallest absolute Gasteiger partial charge is 0.318 e. The number of hydrogen-bond donors (Lipinski definition) is 2. The van der Waals surface area contributed by atoms with Gasteiger partial charge in [-0.2, -0.15) is 0 Å². The fourth-order valence-electron chi connectivity index (χ4n) is 3.70. The van der Waals surface area contributed by atoms with E-state index in [1.807, 2.05) is 6.07 Å². The number of likely N-dealkylation sites (tertiary alicyclic amines) is 1. The molecule has 2 saturated heterocycles. The molecule has 0 unspecified atom stereocenters. The Kier molecular flexibility index (Phi) is 5.91. The van der Waals surface area contributed by atoms with Crippen molar-refractivity contribution in [1.82, 2.24) is 20.4 Å². The maximum absolute atomic E-state index is 12.4. The second kappa shape index (κ2) is 8.34. The van der Waals surface area contributed by atoms with Gasteiger partial charge in [-0.25, -0.2) is 4.79 Å². The van der Waals surface area contributed by atoms with Gasteiger partial charge in [-0.3, -0.25) is 9.69 Å². The van der Waals surface area contributed by atoms with Crippen molar-refractivity contribution in [2.45, 2.75) is 32.4 Å². The van der Waals surface area contributed by atoms with Gasteiger partial charge in [0, 0.05) is 32.7 Å². The molecule has 3 amide bonds. The fraction of sp³-hybridized carbons (Fsp3) is 0.579. The van der Waals surface area contributed by atoms with E-state index in [0.717, 1.165) is 32.5 Å². The zero-order valence-electron chi connectivity index (χ0n) is 14.9. The number of carbonyl (C=O) groups is 2. The molecule has 0 aromatic heterocycles. The lowest BCUT2D eigenvalue weighted by Gasteiger charge is -2.35. The summed E-state index contributed by atoms with van der Waals surface area (Å²) in [7, 11) is 0. The molecule has 136 valence electrons. The van der Waals surface area contributed by atoms with Gasteiger partial charge in [0.2, 0.25) is 5.91 Å². The summed E-state index contributed by atoms with van der Waals surface area (Å²) in [5, 5.41) is 5.82. The number of amides is 3. The highest BCUT2D eigenvalue weighted by Crippen LogP contribution is 2.18. The highest BCUT2D eigenvalue weighted by molar-refractivity contribution is 5.87. The number of nitrogens with one attached hydrogen (secondary N) is 2. The van der Waals surface area contributed by atoms with Crippen LogP contribution in [-0.4, -0.2) is 60.5 Å². The van der Waals surface area contributed by atoms with Crippen molar-refractivity contribution in [2.24, 2.45) is 5.92 Å². The Hall–Kier alpha value is -2.08. The molecule has 0 bridgehead atoms. The molecule has 0 radical (unpaired) electrons. The number of nitrogens with zero attached hydrogens (tertiary/aromatic N) is 2. The van der Waals surface area contributed by atoms with Crippen molar-refractivity contribution in [2.75, 3.05) is 32.7 Å². The van der Waals surface area contributed by atoms with Crippen molar-refractivity contribution < 1.29 is 9.59 Å². The first-order valence-electron chi connectivity index (χ1n) is 9.22. The molecule has 25 heavy (non-hydrogen) atoms. The predicted octanol–water partition coefficient (Wildman–Crippen LogP) is 1.43. The first-order chi connectivity index (χ1) is 12.1. The quantitative estimate of drug-likeness (QED) is 0.868. The van der Waals surface area contributed by atoms with Crippen molar-refractivity contribution >= 4 is 11.9 Å². The van der Waals surface area contributed by atoms with Crippen LogP contribution in [0.5, 0.6) is 0 Å². The van der Waals surface area contributed by atoms with Gasteiger partial charge in [-0.1, -0.05) is 30.3 Å². The maximum Gasteiger partial charge on any atom is 0.318 e. The lowest BCUT2D eigenvalue weighted by molar-refractivity contribution is -0.126. The van der Waals surface area contributed by atoms with E-state index in [1.165, 1.54) is 5.56 Å². The average Bonchev–Trinajstić information content (AvgIpc) is 2.63. The third-order valence-corrected chi connectivity index (χ3v) is 5.15. The van der Waals surface area contributed by atoms with E-state index >= 15 is 0 Å². The Labute approximate surface area is 149 Å². The number of piperazine rings is 1. The standard InChI is InChI=1S/C19H28N4O2/c1-15-18(24)20-9-11-23(15)19(25)21-12-17-8-5-10-22(14-17)13-16-6-3-2-4-7-16/h2-4,6-7,15,17H,5,8-14H2,1H3,(H,20,24)(H,21,25)/t15-,17-/m1/s1. The van der Waals surface area contributed by atoms with E-state index in [4.69, 9.17) is 0 Å². The summed E-state index contributed by atoms with van der Waals surface area (Å²) in [4.78, 5) is 28.2. The van der Waals surface area contributed by atoms with Crippen LogP contribution in [-0.2, 0) is 11.3 Å². The summed E-state index contributed by atoms with van der Waals surface area (Å²) in [6.45, 7) is 6.64. The Balaban J connectivity index is 1.46. The van der Waals surface area contributed by atoms with Crippen LogP contribution < -0.4 is 10.6 Å². The molecule has 2 heterocycles. The normalized spacial score (nSPS) is 24.7. The lowest BCUT2D eigenvalue weighted by atomic mass is 9.97. The molecule has 0 aliphatic carbocycles. The topological polar surface area (TPSA) is 64.7 Å². The summed E-state index contributed by atoms with van der Waals surface area (Å²) in [5.41, 5.74) is 1.33. The zero-order valence-corrected chi connectivity index (χ0v) is 14.9. The van der Waals surface area contributed by atoms with Crippen molar-refractivity contribution in [3.8, 4) is 0 Å². The SMILES string of the molecule is C[C@@H]1C(=O)NCCN1C(=O)NC[C@H]1CCCN(Cc2ccccc2)C1. The molecule has 2 aliphatic heterocycles. The molecule has 6 nitrogen and oxygen atoms in total. The van der Waals surface area contributed by atoms with E-state index in [0.29, 0.717) is 25.6 Å². The van der Waals surface area contributed by atoms with E-state index in [-0.39, 0.29) is 11.9 Å². The van der Waals surface area contributed by atoms with Crippen molar-refractivity contribution in [3.05, 3.63) is 35.9 Å². The molecular formula is C19H28N4O2. The molecule has 1 aromatic carbocycles. The van der Waals surface area contributed by atoms with Gasteiger partial charge in [-0.15, -0.1) is 0 Å². The Bertz CT molecular complexity index is 592. The molecule has 1 aromatic rings. The summed E-state index contributed by atoms with van der Waals surface area (Å²) in [6, 6.07) is 10.00. The summed E-state index contributed by atoms with van der Waals surface area (Å²) in [6.07, 6.45) is 2.30. The van der Waals surface area contributed by atoms with Crippen LogP contribution in [0.3, 0.4) is 0 Å². The zero-order chi connectivity index (χ0) is 17.6. The molecule has 0 spiro atoms.